The Balaban J connectivity index is 1.48. The summed E-state index contributed by atoms with van der Waals surface area (Å²) in [5.74, 6) is -1.43. The van der Waals surface area contributed by atoms with Crippen molar-refractivity contribution in [2.45, 2.75) is 32.4 Å². The first-order valence-corrected chi connectivity index (χ1v) is 12.7. The molecule has 4 rings (SSSR count). The normalized spacial score (nSPS) is 15.1. The third-order valence-corrected chi connectivity index (χ3v) is 6.68. The second kappa shape index (κ2) is 12.4. The summed E-state index contributed by atoms with van der Waals surface area (Å²) < 4.78 is 19.2. The number of nitrogens with one attached hydrogen (secondary N) is 1. The largest absolute Gasteiger partial charge is 0.462 e. The first kappa shape index (κ1) is 26.9. The second-order valence-corrected chi connectivity index (χ2v) is 9.16. The highest BCUT2D eigenvalue weighted by molar-refractivity contribution is 7.80. The SMILES string of the molecule is CCOC(=O)c1ccc(NC(=O)CC2C(=O)N(Cc3ccccc3)C(=S)N2CCc2ccccc2F)cc1. The quantitative estimate of drug-likeness (QED) is 0.304. The average molecular weight is 534 g/mol. The van der Waals surface area contributed by atoms with Crippen molar-refractivity contribution >= 4 is 40.8 Å². The zero-order valence-electron chi connectivity index (χ0n) is 20.9. The van der Waals surface area contributed by atoms with Crippen molar-refractivity contribution in [2.24, 2.45) is 0 Å². The highest BCUT2D eigenvalue weighted by Crippen LogP contribution is 2.24. The summed E-state index contributed by atoms with van der Waals surface area (Å²) in [7, 11) is 0. The van der Waals surface area contributed by atoms with Gasteiger partial charge >= 0.3 is 5.97 Å². The molecular formula is C29H28FN3O4S. The maximum absolute atomic E-state index is 14.3. The number of anilines is 1. The minimum absolute atomic E-state index is 0.138. The predicted octanol–water partition coefficient (Wildman–Crippen LogP) is 4.57. The molecule has 3 aromatic carbocycles. The van der Waals surface area contributed by atoms with Crippen LogP contribution in [0.3, 0.4) is 0 Å². The summed E-state index contributed by atoms with van der Waals surface area (Å²) in [5, 5.41) is 3.09. The lowest BCUT2D eigenvalue weighted by Gasteiger charge is -2.24. The molecule has 1 unspecified atom stereocenters. The molecular weight excluding hydrogens is 505 g/mol. The number of amides is 2. The zero-order valence-corrected chi connectivity index (χ0v) is 21.7. The molecule has 1 N–H and O–H groups in total. The van der Waals surface area contributed by atoms with E-state index in [1.807, 2.05) is 30.3 Å². The average Bonchev–Trinajstić information content (AvgIpc) is 3.13. The summed E-state index contributed by atoms with van der Waals surface area (Å²) >= 11 is 5.67. The summed E-state index contributed by atoms with van der Waals surface area (Å²) in [6.07, 6.45) is 0.188. The topological polar surface area (TPSA) is 78.9 Å². The van der Waals surface area contributed by atoms with E-state index in [9.17, 15) is 18.8 Å². The second-order valence-electron chi connectivity index (χ2n) is 8.79. The Labute approximate surface area is 226 Å². The van der Waals surface area contributed by atoms with E-state index < -0.39 is 12.0 Å². The maximum Gasteiger partial charge on any atom is 0.338 e. The maximum atomic E-state index is 14.3. The Morgan fingerprint density at radius 2 is 1.68 bits per heavy atom. The molecule has 0 spiro atoms. The van der Waals surface area contributed by atoms with Crippen molar-refractivity contribution in [1.29, 1.82) is 0 Å². The molecule has 0 saturated carbocycles. The minimum atomic E-state index is -0.822. The zero-order chi connectivity index (χ0) is 27.1. The van der Waals surface area contributed by atoms with Crippen LogP contribution in [0.2, 0.25) is 0 Å². The van der Waals surface area contributed by atoms with Gasteiger partial charge in [-0.2, -0.15) is 0 Å². The summed E-state index contributed by atoms with van der Waals surface area (Å²) in [5.41, 5.74) is 2.27. The third-order valence-electron chi connectivity index (χ3n) is 6.23. The number of nitrogens with zero attached hydrogens (tertiary/aromatic N) is 2. The van der Waals surface area contributed by atoms with Crippen LogP contribution < -0.4 is 5.32 Å². The number of esters is 1. The molecule has 196 valence electrons. The van der Waals surface area contributed by atoms with Crippen molar-refractivity contribution in [3.63, 3.8) is 0 Å². The van der Waals surface area contributed by atoms with Crippen LogP contribution >= 0.6 is 12.2 Å². The van der Waals surface area contributed by atoms with Crippen LogP contribution in [0.5, 0.6) is 0 Å². The number of benzene rings is 3. The molecule has 1 aliphatic rings. The Bertz CT molecular complexity index is 1320. The van der Waals surface area contributed by atoms with Gasteiger partial charge in [-0.1, -0.05) is 48.5 Å². The number of carbonyl (C=O) groups is 3. The number of thiocarbonyl (C=S) groups is 1. The van der Waals surface area contributed by atoms with E-state index in [0.717, 1.165) is 5.56 Å². The van der Waals surface area contributed by atoms with E-state index in [4.69, 9.17) is 17.0 Å². The van der Waals surface area contributed by atoms with Crippen LogP contribution in [-0.4, -0.2) is 51.9 Å². The van der Waals surface area contributed by atoms with Crippen LogP contribution in [0.25, 0.3) is 0 Å². The van der Waals surface area contributed by atoms with Crippen LogP contribution in [-0.2, 0) is 27.3 Å². The summed E-state index contributed by atoms with van der Waals surface area (Å²) in [6, 6.07) is 21.4. The number of rotatable bonds is 10. The van der Waals surface area contributed by atoms with Crippen LogP contribution in [0.15, 0.2) is 78.9 Å². The first-order valence-electron chi connectivity index (χ1n) is 12.3. The minimum Gasteiger partial charge on any atom is -0.462 e. The van der Waals surface area contributed by atoms with Crippen molar-refractivity contribution in [3.05, 3.63) is 101 Å². The fourth-order valence-corrected chi connectivity index (χ4v) is 4.66. The van der Waals surface area contributed by atoms with Gasteiger partial charge in [0.2, 0.25) is 5.91 Å². The summed E-state index contributed by atoms with van der Waals surface area (Å²) in [4.78, 5) is 41.5. The number of halogens is 1. The molecule has 0 aliphatic carbocycles. The molecule has 7 nitrogen and oxygen atoms in total. The highest BCUT2D eigenvalue weighted by Gasteiger charge is 2.43. The van der Waals surface area contributed by atoms with Gasteiger partial charge in [0.05, 0.1) is 25.1 Å². The number of carbonyl (C=O) groups excluding carboxylic acids is 3. The molecule has 9 heteroatoms. The molecule has 1 saturated heterocycles. The molecule has 1 fully saturated rings. The van der Waals surface area contributed by atoms with E-state index >= 15 is 0 Å². The molecule has 3 aromatic rings. The molecule has 0 bridgehead atoms. The van der Waals surface area contributed by atoms with E-state index in [2.05, 4.69) is 5.32 Å². The number of hydrogen-bond donors (Lipinski definition) is 1. The van der Waals surface area contributed by atoms with Crippen molar-refractivity contribution in [2.75, 3.05) is 18.5 Å². The number of hydrogen-bond acceptors (Lipinski definition) is 5. The van der Waals surface area contributed by atoms with Gasteiger partial charge in [0.25, 0.3) is 5.91 Å². The van der Waals surface area contributed by atoms with E-state index in [1.165, 1.54) is 11.0 Å². The molecule has 1 atom stereocenters. The Morgan fingerprint density at radius 1 is 1.00 bits per heavy atom. The van der Waals surface area contributed by atoms with Gasteiger partial charge in [-0.05, 0) is 67.0 Å². The fourth-order valence-electron chi connectivity index (χ4n) is 4.29. The molecule has 1 heterocycles. The van der Waals surface area contributed by atoms with Crippen LogP contribution in [0, 0.1) is 5.82 Å². The Kier molecular flexibility index (Phi) is 8.81. The van der Waals surface area contributed by atoms with Gasteiger partial charge in [-0.25, -0.2) is 9.18 Å². The van der Waals surface area contributed by atoms with E-state index in [1.54, 1.807) is 54.3 Å². The Hall–Kier alpha value is -4.11. The van der Waals surface area contributed by atoms with Gasteiger partial charge in [0, 0.05) is 12.2 Å². The molecule has 2 amide bonds. The van der Waals surface area contributed by atoms with Crippen molar-refractivity contribution in [1.82, 2.24) is 9.80 Å². The molecule has 38 heavy (non-hydrogen) atoms. The smallest absolute Gasteiger partial charge is 0.338 e. The van der Waals surface area contributed by atoms with Gasteiger partial charge < -0.3 is 15.0 Å². The van der Waals surface area contributed by atoms with Crippen LogP contribution in [0.4, 0.5) is 10.1 Å². The monoisotopic (exact) mass is 533 g/mol. The molecule has 1 aliphatic heterocycles. The molecule has 0 aromatic heterocycles. The van der Waals surface area contributed by atoms with Gasteiger partial charge in [0.1, 0.15) is 11.9 Å². The van der Waals surface area contributed by atoms with E-state index in [0.29, 0.717) is 28.3 Å². The van der Waals surface area contributed by atoms with E-state index in [-0.39, 0.29) is 43.7 Å². The first-order chi connectivity index (χ1) is 18.4. The van der Waals surface area contributed by atoms with Crippen molar-refractivity contribution < 1.29 is 23.5 Å². The number of ether oxygens (including phenoxy) is 1. The Morgan fingerprint density at radius 3 is 2.37 bits per heavy atom. The van der Waals surface area contributed by atoms with Crippen LogP contribution in [0.1, 0.15) is 34.8 Å². The predicted molar refractivity (Wildman–Crippen MR) is 146 cm³/mol. The lowest BCUT2D eigenvalue weighted by molar-refractivity contribution is -0.131. The highest BCUT2D eigenvalue weighted by atomic mass is 32.1. The lowest BCUT2D eigenvalue weighted by atomic mass is 10.1. The molecule has 0 radical (unpaired) electrons. The summed E-state index contributed by atoms with van der Waals surface area (Å²) in [6.45, 7) is 2.55. The van der Waals surface area contributed by atoms with Gasteiger partial charge in [-0.3, -0.25) is 14.5 Å². The standard InChI is InChI=1S/C29H28FN3O4S/c1-2-37-28(36)22-12-14-23(15-13-22)31-26(34)18-25-27(35)33(19-20-8-4-3-5-9-20)29(38)32(25)17-16-21-10-6-7-11-24(21)30/h3-15,25H,2,16-19H2,1H3,(H,31,34). The third kappa shape index (κ3) is 6.41. The van der Waals surface area contributed by atoms with Gasteiger partial charge in [0.15, 0.2) is 5.11 Å². The van der Waals surface area contributed by atoms with Crippen molar-refractivity contribution in [3.8, 4) is 0 Å². The fraction of sp³-hybridized carbons (Fsp3) is 0.241. The lowest BCUT2D eigenvalue weighted by Crippen LogP contribution is -2.39. The van der Waals surface area contributed by atoms with Gasteiger partial charge in [-0.15, -0.1) is 0 Å².